The van der Waals surface area contributed by atoms with Gasteiger partial charge in [-0.3, -0.25) is 14.5 Å². The van der Waals surface area contributed by atoms with Crippen LogP contribution in [0.15, 0.2) is 0 Å². The smallest absolute Gasteiger partial charge is 0.307 e. The number of aliphatic carboxylic acids is 1. The van der Waals surface area contributed by atoms with Crippen molar-refractivity contribution >= 4 is 11.8 Å². The van der Waals surface area contributed by atoms with E-state index in [4.69, 9.17) is 0 Å². The summed E-state index contributed by atoms with van der Waals surface area (Å²) in [5, 5.41) is 9.33. The fourth-order valence-electron chi connectivity index (χ4n) is 4.16. The summed E-state index contributed by atoms with van der Waals surface area (Å²) in [6, 6.07) is 0. The van der Waals surface area contributed by atoms with Gasteiger partial charge in [0.15, 0.2) is 0 Å². The summed E-state index contributed by atoms with van der Waals surface area (Å²) < 4.78 is 0. The van der Waals surface area contributed by atoms with Crippen molar-refractivity contribution in [1.29, 1.82) is 0 Å². The Labute approximate surface area is 115 Å². The molecule has 0 aromatic carbocycles. The van der Waals surface area contributed by atoms with Gasteiger partial charge in [-0.15, -0.1) is 0 Å². The van der Waals surface area contributed by atoms with Crippen molar-refractivity contribution in [2.24, 2.45) is 11.8 Å². The molecule has 1 saturated heterocycles. The Morgan fingerprint density at radius 2 is 2.21 bits per heavy atom. The quantitative estimate of drug-likeness (QED) is 0.849. The third-order valence-electron chi connectivity index (χ3n) is 5.17. The highest BCUT2D eigenvalue weighted by Crippen LogP contribution is 2.46. The van der Waals surface area contributed by atoms with Crippen molar-refractivity contribution in [1.82, 2.24) is 4.90 Å². The minimum absolute atomic E-state index is 0.0792. The summed E-state index contributed by atoms with van der Waals surface area (Å²) in [6.45, 7) is 5.92. The lowest BCUT2D eigenvalue weighted by Crippen LogP contribution is -2.62. The van der Waals surface area contributed by atoms with Crippen molar-refractivity contribution in [2.75, 3.05) is 13.1 Å². The van der Waals surface area contributed by atoms with Crippen LogP contribution in [0.25, 0.3) is 0 Å². The van der Waals surface area contributed by atoms with E-state index in [0.29, 0.717) is 31.6 Å². The van der Waals surface area contributed by atoms with Crippen LogP contribution < -0.4 is 0 Å². The lowest BCUT2D eigenvalue weighted by Gasteiger charge is -2.55. The average Bonchev–Trinajstić information content (AvgIpc) is 2.38. The van der Waals surface area contributed by atoms with E-state index in [-0.39, 0.29) is 17.4 Å². The molecule has 1 aliphatic heterocycles. The summed E-state index contributed by atoms with van der Waals surface area (Å²) in [4.78, 5) is 25.5. The van der Waals surface area contributed by atoms with Crippen LogP contribution in [0.4, 0.5) is 0 Å². The maximum absolute atomic E-state index is 11.8. The zero-order valence-corrected chi connectivity index (χ0v) is 12.0. The number of carbonyl (C=O) groups is 2. The van der Waals surface area contributed by atoms with Crippen LogP contribution >= 0.6 is 0 Å². The van der Waals surface area contributed by atoms with E-state index in [2.05, 4.69) is 18.7 Å². The number of carbonyl (C=O) groups excluding carboxylic acids is 1. The van der Waals surface area contributed by atoms with Crippen LogP contribution in [0.1, 0.15) is 52.4 Å². The second-order valence-electron chi connectivity index (χ2n) is 6.11. The molecule has 0 unspecified atom stereocenters. The molecule has 108 valence electrons. The van der Waals surface area contributed by atoms with E-state index < -0.39 is 5.97 Å². The minimum atomic E-state index is -0.705. The Balaban J connectivity index is 2.27. The molecule has 0 radical (unpaired) electrons. The van der Waals surface area contributed by atoms with Crippen molar-refractivity contribution in [3.63, 3.8) is 0 Å². The maximum atomic E-state index is 11.8. The van der Waals surface area contributed by atoms with Crippen molar-refractivity contribution in [3.05, 3.63) is 0 Å². The molecule has 2 rings (SSSR count). The molecule has 19 heavy (non-hydrogen) atoms. The molecule has 0 aromatic rings. The second kappa shape index (κ2) is 5.61. The Kier molecular flexibility index (Phi) is 4.29. The number of hydrogen-bond acceptors (Lipinski definition) is 3. The molecule has 1 N–H and O–H groups in total. The molecule has 2 aliphatic rings. The third kappa shape index (κ3) is 2.55. The van der Waals surface area contributed by atoms with Gasteiger partial charge in [0.1, 0.15) is 5.78 Å². The monoisotopic (exact) mass is 267 g/mol. The summed E-state index contributed by atoms with van der Waals surface area (Å²) >= 11 is 0. The number of nitrogens with zero attached hydrogens (tertiary/aromatic N) is 1. The molecule has 0 aromatic heterocycles. The van der Waals surface area contributed by atoms with E-state index in [1.165, 1.54) is 0 Å². The number of Topliss-reactive ketones (excluding diaryl/α,β-unsaturated/α-hetero) is 1. The highest BCUT2D eigenvalue weighted by molar-refractivity contribution is 5.80. The second-order valence-corrected chi connectivity index (χ2v) is 6.11. The standard InChI is InChI=1S/C15H25NO3/c1-3-7-16-10-11(14(18)19)8-12-9-13(17)5-6-15(12,16)4-2/h11-12H,3-10H2,1-2H3,(H,18,19)/t11-,12-,15-/m0/s1. The van der Waals surface area contributed by atoms with Gasteiger partial charge in [-0.25, -0.2) is 0 Å². The predicted octanol–water partition coefficient (Wildman–Crippen LogP) is 2.32. The molecule has 0 bridgehead atoms. The number of fused-ring (bicyclic) bond motifs is 1. The Morgan fingerprint density at radius 3 is 2.79 bits per heavy atom. The van der Waals surface area contributed by atoms with Gasteiger partial charge < -0.3 is 5.11 Å². The summed E-state index contributed by atoms with van der Waals surface area (Å²) in [5.41, 5.74) is 0.0792. The maximum Gasteiger partial charge on any atom is 0.307 e. The highest BCUT2D eigenvalue weighted by atomic mass is 16.4. The number of carboxylic acids is 1. The van der Waals surface area contributed by atoms with Crippen molar-refractivity contribution in [2.45, 2.75) is 57.9 Å². The first-order valence-corrected chi connectivity index (χ1v) is 7.53. The molecule has 0 amide bonds. The fourth-order valence-corrected chi connectivity index (χ4v) is 4.16. The molecule has 3 atom stereocenters. The van der Waals surface area contributed by atoms with Crippen molar-refractivity contribution in [3.8, 4) is 0 Å². The van der Waals surface area contributed by atoms with Crippen LogP contribution in [-0.2, 0) is 9.59 Å². The Bertz CT molecular complexity index is 368. The lowest BCUT2D eigenvalue weighted by molar-refractivity contribution is -0.152. The Hall–Kier alpha value is -0.900. The third-order valence-corrected chi connectivity index (χ3v) is 5.17. The van der Waals surface area contributed by atoms with E-state index in [1.54, 1.807) is 0 Å². The first kappa shape index (κ1) is 14.5. The van der Waals surface area contributed by atoms with E-state index in [0.717, 1.165) is 25.8 Å². The van der Waals surface area contributed by atoms with Gasteiger partial charge in [-0.05, 0) is 38.1 Å². The summed E-state index contributed by atoms with van der Waals surface area (Å²) in [5.74, 6) is -0.456. The van der Waals surface area contributed by atoms with Gasteiger partial charge in [0.25, 0.3) is 0 Å². The number of piperidine rings is 1. The van der Waals surface area contributed by atoms with Gasteiger partial charge >= 0.3 is 5.97 Å². The molecule has 1 saturated carbocycles. The van der Waals surface area contributed by atoms with Crippen molar-refractivity contribution < 1.29 is 14.7 Å². The lowest BCUT2D eigenvalue weighted by atomic mass is 9.64. The minimum Gasteiger partial charge on any atom is -0.481 e. The van der Waals surface area contributed by atoms with E-state index >= 15 is 0 Å². The molecule has 4 heteroatoms. The van der Waals surface area contributed by atoms with E-state index in [9.17, 15) is 14.7 Å². The van der Waals surface area contributed by atoms with Crippen LogP contribution in [0, 0.1) is 11.8 Å². The number of carboxylic acid groups (broad SMARTS) is 1. The number of ketones is 1. The average molecular weight is 267 g/mol. The number of hydrogen-bond donors (Lipinski definition) is 1. The number of rotatable bonds is 4. The van der Waals surface area contributed by atoms with Crippen LogP contribution in [0.2, 0.25) is 0 Å². The van der Waals surface area contributed by atoms with Gasteiger partial charge in [0, 0.05) is 24.9 Å². The van der Waals surface area contributed by atoms with E-state index in [1.807, 2.05) is 0 Å². The van der Waals surface area contributed by atoms with Crippen LogP contribution in [0.3, 0.4) is 0 Å². The van der Waals surface area contributed by atoms with Gasteiger partial charge in [-0.2, -0.15) is 0 Å². The largest absolute Gasteiger partial charge is 0.481 e. The van der Waals surface area contributed by atoms with Gasteiger partial charge in [0.2, 0.25) is 0 Å². The van der Waals surface area contributed by atoms with Gasteiger partial charge in [-0.1, -0.05) is 13.8 Å². The van der Waals surface area contributed by atoms with Gasteiger partial charge in [0.05, 0.1) is 5.92 Å². The SMILES string of the molecule is CCCN1C[C@@H](C(=O)O)C[C@H]2CC(=O)CC[C@@]21CC. The molecular formula is C15H25NO3. The predicted molar refractivity (Wildman–Crippen MR) is 73.0 cm³/mol. The molecular weight excluding hydrogens is 242 g/mol. The first-order chi connectivity index (χ1) is 9.03. The molecule has 2 fully saturated rings. The fraction of sp³-hybridized carbons (Fsp3) is 0.867. The summed E-state index contributed by atoms with van der Waals surface area (Å²) in [7, 11) is 0. The Morgan fingerprint density at radius 1 is 1.47 bits per heavy atom. The zero-order valence-electron chi connectivity index (χ0n) is 12.0. The molecule has 1 aliphatic carbocycles. The molecule has 1 heterocycles. The molecule has 0 spiro atoms. The first-order valence-electron chi connectivity index (χ1n) is 7.53. The zero-order chi connectivity index (χ0) is 14.0. The topological polar surface area (TPSA) is 57.6 Å². The summed E-state index contributed by atoms with van der Waals surface area (Å²) in [6.07, 6.45) is 4.90. The van der Waals surface area contributed by atoms with Crippen LogP contribution in [-0.4, -0.2) is 40.4 Å². The highest BCUT2D eigenvalue weighted by Gasteiger charge is 2.50. The number of likely N-dealkylation sites (tertiary alicyclic amines) is 1. The normalized spacial score (nSPS) is 36.0. The molecule has 4 nitrogen and oxygen atoms in total. The van der Waals surface area contributed by atoms with Crippen LogP contribution in [0.5, 0.6) is 0 Å².